The van der Waals surface area contributed by atoms with Crippen molar-refractivity contribution in [3.8, 4) is 0 Å². The predicted molar refractivity (Wildman–Crippen MR) is 85.3 cm³/mol. The second-order valence-electron chi connectivity index (χ2n) is 4.96. The molecule has 0 atom stereocenters. The van der Waals surface area contributed by atoms with Crippen molar-refractivity contribution in [2.45, 2.75) is 26.8 Å². The first kappa shape index (κ1) is 17.0. The van der Waals surface area contributed by atoms with Gasteiger partial charge in [0.05, 0.1) is 13.1 Å². The molecule has 2 amide bonds. The Bertz CT molecular complexity index is 471. The first-order chi connectivity index (χ1) is 9.97. The molecule has 6 heteroatoms. The number of rotatable bonds is 7. The molecular weight excluding hydrogens is 268 g/mol. The topological polar surface area (TPSA) is 87.5 Å². The number of benzene rings is 1. The van der Waals surface area contributed by atoms with Crippen LogP contribution in [0.3, 0.4) is 0 Å². The average Bonchev–Trinajstić information content (AvgIpc) is 2.47. The van der Waals surface area contributed by atoms with Gasteiger partial charge in [0.25, 0.3) is 0 Å². The highest BCUT2D eigenvalue weighted by Crippen LogP contribution is 2.19. The summed E-state index contributed by atoms with van der Waals surface area (Å²) in [5, 5.41) is 5.14. The number of nitrogens with two attached hydrogens (primary N) is 1. The summed E-state index contributed by atoms with van der Waals surface area (Å²) in [6.45, 7) is 7.11. The van der Waals surface area contributed by atoms with Crippen LogP contribution >= 0.6 is 0 Å². The summed E-state index contributed by atoms with van der Waals surface area (Å²) in [5.74, 6) is -0.628. The van der Waals surface area contributed by atoms with Crippen molar-refractivity contribution in [2.75, 3.05) is 29.9 Å². The van der Waals surface area contributed by atoms with Gasteiger partial charge in [0.1, 0.15) is 0 Å². The van der Waals surface area contributed by atoms with Crippen LogP contribution in [0, 0.1) is 0 Å². The molecule has 0 aliphatic rings. The Morgan fingerprint density at radius 2 is 1.81 bits per heavy atom. The van der Waals surface area contributed by atoms with E-state index in [-0.39, 0.29) is 24.9 Å². The molecule has 6 nitrogen and oxygen atoms in total. The van der Waals surface area contributed by atoms with Crippen molar-refractivity contribution >= 4 is 23.2 Å². The van der Waals surface area contributed by atoms with E-state index in [0.29, 0.717) is 11.7 Å². The summed E-state index contributed by atoms with van der Waals surface area (Å²) in [6, 6.07) is 8.06. The van der Waals surface area contributed by atoms with Crippen LogP contribution in [0.5, 0.6) is 0 Å². The lowest BCUT2D eigenvalue weighted by molar-refractivity contribution is -0.123. The Morgan fingerprint density at radius 1 is 1.19 bits per heavy atom. The minimum Gasteiger partial charge on any atom is -0.369 e. The SMILES string of the molecule is CCN(c1ccc(NC(=O)CNC(=O)CN)cc1)C(C)C. The highest BCUT2D eigenvalue weighted by molar-refractivity contribution is 5.94. The minimum atomic E-state index is -0.351. The highest BCUT2D eigenvalue weighted by Gasteiger charge is 2.09. The maximum atomic E-state index is 11.6. The normalized spacial score (nSPS) is 10.3. The zero-order valence-electron chi connectivity index (χ0n) is 12.8. The molecule has 0 radical (unpaired) electrons. The van der Waals surface area contributed by atoms with Crippen LogP contribution in [-0.2, 0) is 9.59 Å². The third kappa shape index (κ3) is 5.43. The fourth-order valence-corrected chi connectivity index (χ4v) is 2.04. The molecule has 0 spiro atoms. The summed E-state index contributed by atoms with van der Waals surface area (Å²) in [5.41, 5.74) is 6.96. The number of nitrogens with one attached hydrogen (secondary N) is 2. The van der Waals surface area contributed by atoms with E-state index in [0.717, 1.165) is 12.2 Å². The standard InChI is InChI=1S/C15H24N4O2/c1-4-19(11(2)3)13-7-5-12(6-8-13)18-15(21)10-17-14(20)9-16/h5-8,11H,4,9-10,16H2,1-3H3,(H,17,20)(H,18,21). The van der Waals surface area contributed by atoms with Crippen LogP contribution in [0.2, 0.25) is 0 Å². The quantitative estimate of drug-likeness (QED) is 0.698. The Kier molecular flexibility index (Phi) is 6.68. The van der Waals surface area contributed by atoms with Crippen LogP contribution in [0.1, 0.15) is 20.8 Å². The van der Waals surface area contributed by atoms with Gasteiger partial charge in [0, 0.05) is 24.0 Å². The zero-order chi connectivity index (χ0) is 15.8. The Hall–Kier alpha value is -2.08. The number of amides is 2. The maximum absolute atomic E-state index is 11.6. The van der Waals surface area contributed by atoms with Gasteiger partial charge in [-0.25, -0.2) is 0 Å². The van der Waals surface area contributed by atoms with Gasteiger partial charge in [-0.1, -0.05) is 0 Å². The lowest BCUT2D eigenvalue weighted by Gasteiger charge is -2.27. The van der Waals surface area contributed by atoms with Crippen molar-refractivity contribution in [2.24, 2.45) is 5.73 Å². The minimum absolute atomic E-state index is 0.0785. The fraction of sp³-hybridized carbons (Fsp3) is 0.467. The molecular formula is C15H24N4O2. The van der Waals surface area contributed by atoms with Gasteiger partial charge in [-0.3, -0.25) is 9.59 Å². The van der Waals surface area contributed by atoms with Crippen molar-refractivity contribution in [3.63, 3.8) is 0 Å². The average molecular weight is 292 g/mol. The third-order valence-corrected chi connectivity index (χ3v) is 3.08. The van der Waals surface area contributed by atoms with E-state index in [4.69, 9.17) is 5.73 Å². The van der Waals surface area contributed by atoms with E-state index in [1.807, 2.05) is 24.3 Å². The molecule has 1 aromatic carbocycles. The molecule has 21 heavy (non-hydrogen) atoms. The largest absolute Gasteiger partial charge is 0.369 e. The second-order valence-corrected chi connectivity index (χ2v) is 4.96. The number of hydrogen-bond acceptors (Lipinski definition) is 4. The van der Waals surface area contributed by atoms with Gasteiger partial charge in [0.15, 0.2) is 0 Å². The molecule has 0 fully saturated rings. The lowest BCUT2D eigenvalue weighted by Crippen LogP contribution is -2.36. The summed E-state index contributed by atoms with van der Waals surface area (Å²) in [6.07, 6.45) is 0. The van der Waals surface area contributed by atoms with E-state index in [9.17, 15) is 9.59 Å². The van der Waals surface area contributed by atoms with Crippen molar-refractivity contribution in [3.05, 3.63) is 24.3 Å². The van der Waals surface area contributed by atoms with E-state index in [1.165, 1.54) is 0 Å². The molecule has 0 unspecified atom stereocenters. The summed E-state index contributed by atoms with van der Waals surface area (Å²) >= 11 is 0. The van der Waals surface area contributed by atoms with E-state index in [1.54, 1.807) is 0 Å². The van der Waals surface area contributed by atoms with Crippen molar-refractivity contribution < 1.29 is 9.59 Å². The molecule has 0 heterocycles. The molecule has 0 saturated carbocycles. The fourth-order valence-electron chi connectivity index (χ4n) is 2.04. The molecule has 0 bridgehead atoms. The van der Waals surface area contributed by atoms with Crippen LogP contribution in [-0.4, -0.2) is 37.5 Å². The van der Waals surface area contributed by atoms with E-state index >= 15 is 0 Å². The van der Waals surface area contributed by atoms with Crippen LogP contribution in [0.4, 0.5) is 11.4 Å². The first-order valence-corrected chi connectivity index (χ1v) is 7.11. The monoisotopic (exact) mass is 292 g/mol. The lowest BCUT2D eigenvalue weighted by atomic mass is 10.2. The van der Waals surface area contributed by atoms with Crippen LogP contribution < -0.4 is 21.3 Å². The van der Waals surface area contributed by atoms with Gasteiger partial charge in [0.2, 0.25) is 11.8 Å². The summed E-state index contributed by atoms with van der Waals surface area (Å²) < 4.78 is 0. The van der Waals surface area contributed by atoms with Crippen molar-refractivity contribution in [1.29, 1.82) is 0 Å². The molecule has 0 aliphatic carbocycles. The van der Waals surface area contributed by atoms with Crippen LogP contribution in [0.15, 0.2) is 24.3 Å². The number of nitrogens with zero attached hydrogens (tertiary/aromatic N) is 1. The van der Waals surface area contributed by atoms with Gasteiger partial charge in [-0.15, -0.1) is 0 Å². The van der Waals surface area contributed by atoms with Gasteiger partial charge >= 0.3 is 0 Å². The second kappa shape index (κ2) is 8.26. The molecule has 0 aromatic heterocycles. The molecule has 0 saturated heterocycles. The molecule has 4 N–H and O–H groups in total. The van der Waals surface area contributed by atoms with Crippen LogP contribution in [0.25, 0.3) is 0 Å². The molecule has 0 aliphatic heterocycles. The Morgan fingerprint density at radius 3 is 2.29 bits per heavy atom. The zero-order valence-corrected chi connectivity index (χ0v) is 12.8. The maximum Gasteiger partial charge on any atom is 0.243 e. The number of carbonyl (C=O) groups is 2. The predicted octanol–water partition coefficient (Wildman–Crippen LogP) is 0.935. The smallest absolute Gasteiger partial charge is 0.243 e. The Labute approximate surface area is 125 Å². The van der Waals surface area contributed by atoms with Crippen molar-refractivity contribution in [1.82, 2.24) is 5.32 Å². The molecule has 1 aromatic rings. The molecule has 116 valence electrons. The third-order valence-electron chi connectivity index (χ3n) is 3.08. The highest BCUT2D eigenvalue weighted by atomic mass is 16.2. The Balaban J connectivity index is 2.58. The van der Waals surface area contributed by atoms with Gasteiger partial charge < -0.3 is 21.3 Å². The van der Waals surface area contributed by atoms with Gasteiger partial charge in [-0.2, -0.15) is 0 Å². The number of hydrogen-bond donors (Lipinski definition) is 3. The van der Waals surface area contributed by atoms with Gasteiger partial charge in [-0.05, 0) is 45.0 Å². The molecule has 1 rings (SSSR count). The summed E-state index contributed by atoms with van der Waals surface area (Å²) in [7, 11) is 0. The van der Waals surface area contributed by atoms with E-state index in [2.05, 4.69) is 36.3 Å². The first-order valence-electron chi connectivity index (χ1n) is 7.11. The summed E-state index contributed by atoms with van der Waals surface area (Å²) in [4.78, 5) is 24.9. The van der Waals surface area contributed by atoms with E-state index < -0.39 is 0 Å². The number of anilines is 2. The number of carbonyl (C=O) groups excluding carboxylic acids is 2.